The molecule has 2 rings (SSSR count). The summed E-state index contributed by atoms with van der Waals surface area (Å²) in [6, 6.07) is 8.12. The van der Waals surface area contributed by atoms with Gasteiger partial charge < -0.3 is 10.6 Å². The van der Waals surface area contributed by atoms with Gasteiger partial charge >= 0.3 is 0 Å². The molecule has 0 atom stereocenters. The molecule has 98 valence electrons. The van der Waals surface area contributed by atoms with Crippen LogP contribution < -0.4 is 5.73 Å². The molecule has 2 N–H and O–H groups in total. The second kappa shape index (κ2) is 5.11. The van der Waals surface area contributed by atoms with Crippen molar-refractivity contribution < 1.29 is 4.79 Å². The number of nitrogens with two attached hydrogens (primary N) is 1. The summed E-state index contributed by atoms with van der Waals surface area (Å²) in [5.41, 5.74) is 8.32. The summed E-state index contributed by atoms with van der Waals surface area (Å²) in [6.07, 6.45) is 2.57. The molecule has 0 bridgehead atoms. The number of rotatable bonds is 4. The number of nitrogens with zero attached hydrogens (tertiary/aromatic N) is 1. The number of amides is 1. The first-order valence-electron chi connectivity index (χ1n) is 6.65. The maximum absolute atomic E-state index is 12.1. The fourth-order valence-corrected chi connectivity index (χ4v) is 2.65. The maximum atomic E-state index is 12.1. The van der Waals surface area contributed by atoms with E-state index in [9.17, 15) is 4.79 Å². The molecule has 1 heterocycles. The number of hydrogen-bond acceptors (Lipinski definition) is 2. The van der Waals surface area contributed by atoms with E-state index in [1.165, 1.54) is 5.56 Å². The predicted molar refractivity (Wildman–Crippen MR) is 73.3 cm³/mol. The molecule has 0 spiro atoms. The molecule has 1 saturated heterocycles. The van der Waals surface area contributed by atoms with Crippen LogP contribution >= 0.6 is 0 Å². The van der Waals surface area contributed by atoms with Crippen molar-refractivity contribution in [2.24, 2.45) is 5.73 Å². The second-order valence-corrected chi connectivity index (χ2v) is 5.53. The Labute approximate surface area is 109 Å². The average molecular weight is 246 g/mol. The summed E-state index contributed by atoms with van der Waals surface area (Å²) < 4.78 is 0. The Morgan fingerprint density at radius 1 is 1.44 bits per heavy atom. The van der Waals surface area contributed by atoms with Crippen LogP contribution in [0.15, 0.2) is 24.3 Å². The molecular formula is C15H22N2O. The van der Waals surface area contributed by atoms with E-state index in [2.05, 4.69) is 13.0 Å². The van der Waals surface area contributed by atoms with Crippen molar-refractivity contribution in [2.75, 3.05) is 13.1 Å². The first-order valence-corrected chi connectivity index (χ1v) is 6.65. The predicted octanol–water partition coefficient (Wildman–Crippen LogP) is 1.88. The number of carbonyl (C=O) groups is 1. The maximum Gasteiger partial charge on any atom is 0.227 e. The topological polar surface area (TPSA) is 46.3 Å². The number of benzene rings is 1. The largest absolute Gasteiger partial charge is 0.339 e. The van der Waals surface area contributed by atoms with Crippen molar-refractivity contribution in [2.45, 2.75) is 38.6 Å². The van der Waals surface area contributed by atoms with Crippen LogP contribution in [0.2, 0.25) is 0 Å². The normalized spacial score (nSPS) is 17.4. The number of likely N-dealkylation sites (tertiary alicyclic amines) is 1. The fourth-order valence-electron chi connectivity index (χ4n) is 2.65. The Kier molecular flexibility index (Phi) is 3.71. The smallest absolute Gasteiger partial charge is 0.227 e. The Morgan fingerprint density at radius 2 is 2.17 bits per heavy atom. The molecule has 1 amide bonds. The molecule has 0 unspecified atom stereocenters. The van der Waals surface area contributed by atoms with Gasteiger partial charge in [-0.3, -0.25) is 4.79 Å². The molecule has 1 fully saturated rings. The van der Waals surface area contributed by atoms with E-state index in [4.69, 9.17) is 5.73 Å². The van der Waals surface area contributed by atoms with Crippen molar-refractivity contribution in [1.29, 1.82) is 0 Å². The minimum absolute atomic E-state index is 0.128. The highest BCUT2D eigenvalue weighted by Gasteiger charge is 2.40. The van der Waals surface area contributed by atoms with E-state index < -0.39 is 0 Å². The van der Waals surface area contributed by atoms with E-state index in [0.29, 0.717) is 19.5 Å². The minimum atomic E-state index is -0.128. The Balaban J connectivity index is 1.87. The van der Waals surface area contributed by atoms with E-state index >= 15 is 0 Å². The third-order valence-corrected chi connectivity index (χ3v) is 3.55. The van der Waals surface area contributed by atoms with Gasteiger partial charge in [-0.1, -0.05) is 43.2 Å². The van der Waals surface area contributed by atoms with E-state index in [0.717, 1.165) is 18.4 Å². The first kappa shape index (κ1) is 13.1. The van der Waals surface area contributed by atoms with Gasteiger partial charge in [0, 0.05) is 13.1 Å². The highest BCUT2D eigenvalue weighted by atomic mass is 16.2. The van der Waals surface area contributed by atoms with Gasteiger partial charge in [0.05, 0.1) is 12.0 Å². The van der Waals surface area contributed by atoms with Gasteiger partial charge in [-0.15, -0.1) is 0 Å². The molecule has 0 radical (unpaired) electrons. The molecule has 18 heavy (non-hydrogen) atoms. The van der Waals surface area contributed by atoms with Crippen LogP contribution in [0, 0.1) is 6.92 Å². The number of hydrogen-bond donors (Lipinski definition) is 1. The molecule has 0 aliphatic carbocycles. The molecule has 1 aromatic rings. The molecule has 0 aromatic heterocycles. The van der Waals surface area contributed by atoms with Crippen LogP contribution in [0.4, 0.5) is 0 Å². The zero-order valence-electron chi connectivity index (χ0n) is 11.3. The van der Waals surface area contributed by atoms with Gasteiger partial charge in [-0.25, -0.2) is 0 Å². The molecule has 1 aliphatic rings. The lowest BCUT2D eigenvalue weighted by Crippen LogP contribution is -2.68. The lowest BCUT2D eigenvalue weighted by Gasteiger charge is -2.48. The molecule has 3 heteroatoms. The van der Waals surface area contributed by atoms with Crippen molar-refractivity contribution >= 4 is 5.91 Å². The van der Waals surface area contributed by atoms with Gasteiger partial charge in [0.15, 0.2) is 0 Å². The van der Waals surface area contributed by atoms with Crippen molar-refractivity contribution in [1.82, 2.24) is 4.90 Å². The van der Waals surface area contributed by atoms with Crippen LogP contribution in [0.5, 0.6) is 0 Å². The number of carbonyl (C=O) groups excluding carboxylic acids is 1. The number of aryl methyl sites for hydroxylation is 1. The van der Waals surface area contributed by atoms with Crippen LogP contribution in [0.3, 0.4) is 0 Å². The summed E-state index contributed by atoms with van der Waals surface area (Å²) in [6.45, 7) is 5.60. The molecule has 3 nitrogen and oxygen atoms in total. The minimum Gasteiger partial charge on any atom is -0.339 e. The Hall–Kier alpha value is -1.35. The van der Waals surface area contributed by atoms with Crippen molar-refractivity contribution in [3.8, 4) is 0 Å². The molecule has 1 aromatic carbocycles. The zero-order valence-corrected chi connectivity index (χ0v) is 11.3. The van der Waals surface area contributed by atoms with Gasteiger partial charge in [-0.05, 0) is 18.9 Å². The SMILES string of the molecule is CCCC1(N)CN(C(=O)Cc2cccc(C)c2)C1. The zero-order chi connectivity index (χ0) is 13.2. The van der Waals surface area contributed by atoms with Gasteiger partial charge in [0.1, 0.15) is 0 Å². The van der Waals surface area contributed by atoms with Crippen LogP contribution in [0.25, 0.3) is 0 Å². The van der Waals surface area contributed by atoms with Gasteiger partial charge in [0.2, 0.25) is 5.91 Å². The van der Waals surface area contributed by atoms with Gasteiger partial charge in [-0.2, -0.15) is 0 Å². The third kappa shape index (κ3) is 2.91. The van der Waals surface area contributed by atoms with E-state index in [-0.39, 0.29) is 11.4 Å². The summed E-state index contributed by atoms with van der Waals surface area (Å²) >= 11 is 0. The lowest BCUT2D eigenvalue weighted by atomic mass is 9.86. The fraction of sp³-hybridized carbons (Fsp3) is 0.533. The molecular weight excluding hydrogens is 224 g/mol. The Morgan fingerprint density at radius 3 is 2.78 bits per heavy atom. The summed E-state index contributed by atoms with van der Waals surface area (Å²) in [5, 5.41) is 0. The van der Waals surface area contributed by atoms with Crippen LogP contribution in [0.1, 0.15) is 30.9 Å². The third-order valence-electron chi connectivity index (χ3n) is 3.55. The van der Waals surface area contributed by atoms with E-state index in [1.807, 2.05) is 30.0 Å². The van der Waals surface area contributed by atoms with Crippen molar-refractivity contribution in [3.63, 3.8) is 0 Å². The second-order valence-electron chi connectivity index (χ2n) is 5.53. The molecule has 0 saturated carbocycles. The standard InChI is InChI=1S/C15H22N2O/c1-3-7-15(16)10-17(11-15)14(18)9-13-6-4-5-12(2)8-13/h4-6,8H,3,7,9-11,16H2,1-2H3. The van der Waals surface area contributed by atoms with E-state index in [1.54, 1.807) is 0 Å². The van der Waals surface area contributed by atoms with Gasteiger partial charge in [0.25, 0.3) is 0 Å². The summed E-state index contributed by atoms with van der Waals surface area (Å²) in [4.78, 5) is 13.9. The average Bonchev–Trinajstić information content (AvgIpc) is 2.26. The monoisotopic (exact) mass is 246 g/mol. The van der Waals surface area contributed by atoms with Crippen molar-refractivity contribution in [3.05, 3.63) is 35.4 Å². The summed E-state index contributed by atoms with van der Waals surface area (Å²) in [5.74, 6) is 0.192. The quantitative estimate of drug-likeness (QED) is 0.881. The highest BCUT2D eigenvalue weighted by molar-refractivity contribution is 5.80. The lowest BCUT2D eigenvalue weighted by molar-refractivity contribution is -0.138. The van der Waals surface area contributed by atoms with Crippen LogP contribution in [-0.2, 0) is 11.2 Å². The summed E-state index contributed by atoms with van der Waals surface area (Å²) in [7, 11) is 0. The van der Waals surface area contributed by atoms with Crippen LogP contribution in [-0.4, -0.2) is 29.4 Å². The molecule has 1 aliphatic heterocycles. The first-order chi connectivity index (χ1) is 8.52. The Bertz CT molecular complexity index is 436. The highest BCUT2D eigenvalue weighted by Crippen LogP contribution is 2.24.